The number of benzene rings is 2. The highest BCUT2D eigenvalue weighted by molar-refractivity contribution is 5.75. The van der Waals surface area contributed by atoms with Crippen molar-refractivity contribution in [1.29, 1.82) is 0 Å². The van der Waals surface area contributed by atoms with E-state index in [2.05, 4.69) is 4.98 Å². The zero-order valence-corrected chi connectivity index (χ0v) is 10.1. The van der Waals surface area contributed by atoms with Gasteiger partial charge in [-0.1, -0.05) is 0 Å². The fraction of sp³-hybridized carbons (Fsp3) is 0.0714. The Morgan fingerprint density at radius 2 is 1.65 bits per heavy atom. The van der Waals surface area contributed by atoms with E-state index in [1.807, 2.05) is 0 Å². The van der Waals surface area contributed by atoms with Gasteiger partial charge in [-0.3, -0.25) is 0 Å². The van der Waals surface area contributed by atoms with Crippen LogP contribution < -0.4 is 0 Å². The maximum atomic E-state index is 13.6. The van der Waals surface area contributed by atoms with Crippen molar-refractivity contribution in [2.45, 2.75) is 6.54 Å². The fourth-order valence-electron chi connectivity index (χ4n) is 2.03. The summed E-state index contributed by atoms with van der Waals surface area (Å²) in [6.07, 6.45) is 1.33. The molecule has 3 aromatic rings. The van der Waals surface area contributed by atoms with Crippen LogP contribution in [0.25, 0.3) is 11.0 Å². The highest BCUT2D eigenvalue weighted by atomic mass is 19.2. The van der Waals surface area contributed by atoms with Gasteiger partial charge in [0.25, 0.3) is 0 Å². The molecule has 0 aliphatic carbocycles. The quantitative estimate of drug-likeness (QED) is 0.655. The lowest BCUT2D eigenvalue weighted by atomic mass is 10.2. The van der Waals surface area contributed by atoms with Gasteiger partial charge in [-0.2, -0.15) is 0 Å². The zero-order chi connectivity index (χ0) is 14.3. The molecule has 0 radical (unpaired) electrons. The predicted octanol–water partition coefficient (Wildman–Crippen LogP) is 3.64. The number of halogens is 4. The highest BCUT2D eigenvalue weighted by Crippen LogP contribution is 2.19. The third kappa shape index (κ3) is 2.13. The lowest BCUT2D eigenvalue weighted by Gasteiger charge is -2.06. The smallest absolute Gasteiger partial charge is 0.161 e. The van der Waals surface area contributed by atoms with Crippen molar-refractivity contribution in [1.82, 2.24) is 9.55 Å². The molecular weight excluding hydrogens is 272 g/mol. The van der Waals surface area contributed by atoms with Gasteiger partial charge in [0.05, 0.1) is 23.9 Å². The minimum absolute atomic E-state index is 0.0227. The van der Waals surface area contributed by atoms with Crippen LogP contribution in [0.4, 0.5) is 17.6 Å². The van der Waals surface area contributed by atoms with Crippen LogP contribution in [0.15, 0.2) is 36.7 Å². The first-order valence-electron chi connectivity index (χ1n) is 5.78. The summed E-state index contributed by atoms with van der Waals surface area (Å²) in [6.45, 7) is -0.0227. The molecule has 0 bridgehead atoms. The van der Waals surface area contributed by atoms with E-state index in [-0.39, 0.29) is 17.6 Å². The van der Waals surface area contributed by atoms with E-state index in [0.29, 0.717) is 5.52 Å². The second-order valence-corrected chi connectivity index (χ2v) is 4.36. The van der Waals surface area contributed by atoms with Crippen LogP contribution in [-0.2, 0) is 6.54 Å². The second kappa shape index (κ2) is 4.63. The average molecular weight is 280 g/mol. The Kier molecular flexibility index (Phi) is 2.93. The number of hydrogen-bond acceptors (Lipinski definition) is 1. The summed E-state index contributed by atoms with van der Waals surface area (Å²) in [7, 11) is 0. The molecule has 0 fully saturated rings. The number of aromatic nitrogens is 2. The number of imidazole rings is 1. The zero-order valence-electron chi connectivity index (χ0n) is 10.1. The van der Waals surface area contributed by atoms with E-state index < -0.39 is 23.3 Å². The molecule has 0 atom stereocenters. The van der Waals surface area contributed by atoms with Gasteiger partial charge in [0.15, 0.2) is 11.6 Å². The first kappa shape index (κ1) is 12.7. The summed E-state index contributed by atoms with van der Waals surface area (Å²) in [5.74, 6) is -3.16. The monoisotopic (exact) mass is 280 g/mol. The Morgan fingerprint density at radius 1 is 0.900 bits per heavy atom. The lowest BCUT2D eigenvalue weighted by Crippen LogP contribution is -2.01. The summed E-state index contributed by atoms with van der Waals surface area (Å²) >= 11 is 0. The summed E-state index contributed by atoms with van der Waals surface area (Å²) in [4.78, 5) is 3.91. The molecule has 0 spiro atoms. The first-order valence-corrected chi connectivity index (χ1v) is 5.78. The molecule has 2 aromatic carbocycles. The van der Waals surface area contributed by atoms with Crippen molar-refractivity contribution < 1.29 is 17.6 Å². The van der Waals surface area contributed by atoms with Crippen molar-refractivity contribution in [3.8, 4) is 0 Å². The Labute approximate surface area is 111 Å². The summed E-state index contributed by atoms with van der Waals surface area (Å²) in [5.41, 5.74) is 0.669. The molecule has 1 heterocycles. The van der Waals surface area contributed by atoms with Crippen LogP contribution >= 0.6 is 0 Å². The Bertz CT molecular complexity index is 795. The SMILES string of the molecule is Fc1ccc(F)c(Cn2cnc3cc(F)c(F)cc32)c1. The summed E-state index contributed by atoms with van der Waals surface area (Å²) in [5, 5.41) is 0. The number of hydrogen-bond donors (Lipinski definition) is 0. The van der Waals surface area contributed by atoms with Gasteiger partial charge in [0.1, 0.15) is 11.6 Å². The predicted molar refractivity (Wildman–Crippen MR) is 65.1 cm³/mol. The van der Waals surface area contributed by atoms with Crippen molar-refractivity contribution >= 4 is 11.0 Å². The van der Waals surface area contributed by atoms with Gasteiger partial charge < -0.3 is 4.57 Å². The topological polar surface area (TPSA) is 17.8 Å². The Morgan fingerprint density at radius 3 is 2.45 bits per heavy atom. The van der Waals surface area contributed by atoms with Crippen LogP contribution in [0.1, 0.15) is 5.56 Å². The third-order valence-corrected chi connectivity index (χ3v) is 3.01. The minimum Gasteiger partial charge on any atom is -0.326 e. The summed E-state index contributed by atoms with van der Waals surface area (Å²) < 4.78 is 54.4. The number of nitrogens with zero attached hydrogens (tertiary/aromatic N) is 2. The molecule has 0 saturated carbocycles. The molecule has 102 valence electrons. The normalized spacial score (nSPS) is 11.2. The summed E-state index contributed by atoms with van der Waals surface area (Å²) in [6, 6.07) is 5.03. The van der Waals surface area contributed by atoms with Gasteiger partial charge in [-0.05, 0) is 18.2 Å². The molecule has 1 aromatic heterocycles. The average Bonchev–Trinajstić information content (AvgIpc) is 2.77. The van der Waals surface area contributed by atoms with E-state index in [1.54, 1.807) is 0 Å². The second-order valence-electron chi connectivity index (χ2n) is 4.36. The van der Waals surface area contributed by atoms with Crippen LogP contribution in [0.2, 0.25) is 0 Å². The van der Waals surface area contributed by atoms with Crippen molar-refractivity contribution in [2.75, 3.05) is 0 Å². The molecule has 0 saturated heterocycles. The van der Waals surface area contributed by atoms with Gasteiger partial charge >= 0.3 is 0 Å². The molecule has 0 aliphatic heterocycles. The maximum Gasteiger partial charge on any atom is 0.161 e. The molecule has 0 unspecified atom stereocenters. The molecule has 0 aliphatic rings. The van der Waals surface area contributed by atoms with Crippen LogP contribution in [0.5, 0.6) is 0 Å². The lowest BCUT2D eigenvalue weighted by molar-refractivity contribution is 0.510. The molecular formula is C14H8F4N2. The molecule has 3 rings (SSSR count). The van der Waals surface area contributed by atoms with Crippen molar-refractivity contribution in [3.05, 3.63) is 65.5 Å². The van der Waals surface area contributed by atoms with Gasteiger partial charge in [-0.25, -0.2) is 22.5 Å². The molecule has 0 amide bonds. The molecule has 20 heavy (non-hydrogen) atoms. The largest absolute Gasteiger partial charge is 0.326 e. The van der Waals surface area contributed by atoms with Gasteiger partial charge in [-0.15, -0.1) is 0 Å². The molecule has 0 N–H and O–H groups in total. The van der Waals surface area contributed by atoms with E-state index in [0.717, 1.165) is 30.3 Å². The Hall–Kier alpha value is -2.37. The van der Waals surface area contributed by atoms with E-state index in [4.69, 9.17) is 0 Å². The van der Waals surface area contributed by atoms with Crippen molar-refractivity contribution in [2.24, 2.45) is 0 Å². The number of rotatable bonds is 2. The standard InChI is InChI=1S/C14H8F4N2/c15-9-1-2-10(16)8(3-9)6-20-7-19-13-4-11(17)12(18)5-14(13)20/h1-5,7H,6H2. The fourth-order valence-corrected chi connectivity index (χ4v) is 2.03. The van der Waals surface area contributed by atoms with Crippen LogP contribution in [-0.4, -0.2) is 9.55 Å². The van der Waals surface area contributed by atoms with Crippen LogP contribution in [0, 0.1) is 23.3 Å². The first-order chi connectivity index (χ1) is 9.54. The minimum atomic E-state index is -1.01. The number of fused-ring (bicyclic) bond motifs is 1. The highest BCUT2D eigenvalue weighted by Gasteiger charge is 2.11. The third-order valence-electron chi connectivity index (χ3n) is 3.01. The van der Waals surface area contributed by atoms with E-state index in [1.165, 1.54) is 10.9 Å². The van der Waals surface area contributed by atoms with E-state index >= 15 is 0 Å². The van der Waals surface area contributed by atoms with Gasteiger partial charge in [0.2, 0.25) is 0 Å². The molecule has 2 nitrogen and oxygen atoms in total. The van der Waals surface area contributed by atoms with Crippen LogP contribution in [0.3, 0.4) is 0 Å². The van der Waals surface area contributed by atoms with E-state index in [9.17, 15) is 17.6 Å². The van der Waals surface area contributed by atoms with Gasteiger partial charge in [0, 0.05) is 17.7 Å². The molecule has 6 heteroatoms. The Balaban J connectivity index is 2.07. The van der Waals surface area contributed by atoms with Crippen molar-refractivity contribution in [3.63, 3.8) is 0 Å². The maximum absolute atomic E-state index is 13.6.